The summed E-state index contributed by atoms with van der Waals surface area (Å²) < 4.78 is 0. The lowest BCUT2D eigenvalue weighted by atomic mass is 9.53. The van der Waals surface area contributed by atoms with Crippen LogP contribution in [0.1, 0.15) is 83.6 Å². The molecule has 0 heterocycles. The summed E-state index contributed by atoms with van der Waals surface area (Å²) in [7, 11) is 0. The van der Waals surface area contributed by atoms with E-state index < -0.39 is 0 Å². The highest BCUT2D eigenvalue weighted by Crippen LogP contribution is 2.63. The fraction of sp³-hybridized carbons (Fsp3) is 0.577. The predicted octanol–water partition coefficient (Wildman–Crippen LogP) is 7.00. The molecule has 4 aliphatic carbocycles. The van der Waals surface area contributed by atoms with E-state index in [1.54, 1.807) is 11.1 Å². The summed E-state index contributed by atoms with van der Waals surface area (Å²) in [6.07, 6.45) is 11.6. The largest absolute Gasteiger partial charge is 0.295 e. The predicted molar refractivity (Wildman–Crippen MR) is 113 cm³/mol. The van der Waals surface area contributed by atoms with Crippen LogP contribution in [0.5, 0.6) is 0 Å². The van der Waals surface area contributed by atoms with E-state index in [9.17, 15) is 4.79 Å². The number of allylic oxidation sites excluding steroid dienone is 4. The standard InChI is InChI=1S/C24H28O.C2H6/c1-24-13-5-8-22(24)20-11-9-17-14-18(25)10-12-19(17)23(20)21(15-24)16-6-3-2-4-7-16;1-2/h2-4,6-7,14,20-22H,5,8-13,15H2,1H3;1-2H3/t20?,21-,22?,24-;/m0./s1. The van der Waals surface area contributed by atoms with Crippen LogP contribution in [0.25, 0.3) is 0 Å². The zero-order valence-corrected chi connectivity index (χ0v) is 17.3. The van der Waals surface area contributed by atoms with Gasteiger partial charge in [-0.1, -0.05) is 63.1 Å². The molecular weight excluding hydrogens is 328 g/mol. The Morgan fingerprint density at radius 3 is 2.56 bits per heavy atom. The Labute approximate surface area is 164 Å². The molecule has 1 aromatic rings. The maximum Gasteiger partial charge on any atom is 0.156 e. The van der Waals surface area contributed by atoms with Crippen LogP contribution >= 0.6 is 0 Å². The van der Waals surface area contributed by atoms with Crippen LogP contribution in [0.15, 0.2) is 53.1 Å². The van der Waals surface area contributed by atoms with Crippen LogP contribution in [0, 0.1) is 17.3 Å². The maximum atomic E-state index is 12.0. The molecule has 0 bridgehead atoms. The van der Waals surface area contributed by atoms with Gasteiger partial charge in [0.15, 0.2) is 5.78 Å². The van der Waals surface area contributed by atoms with Gasteiger partial charge in [0.2, 0.25) is 0 Å². The fourth-order valence-corrected chi connectivity index (χ4v) is 6.65. The van der Waals surface area contributed by atoms with Crippen molar-refractivity contribution in [2.75, 3.05) is 0 Å². The molecule has 0 N–H and O–H groups in total. The molecular formula is C26H34O. The Balaban J connectivity index is 0.000000872. The normalized spacial score (nSPS) is 34.7. The first-order chi connectivity index (χ1) is 13.2. The first kappa shape index (κ1) is 18.7. The summed E-state index contributed by atoms with van der Waals surface area (Å²) in [5.41, 5.74) is 6.71. The molecule has 2 saturated carbocycles. The molecule has 4 aliphatic rings. The minimum Gasteiger partial charge on any atom is -0.295 e. The average molecular weight is 363 g/mol. The summed E-state index contributed by atoms with van der Waals surface area (Å²) >= 11 is 0. The van der Waals surface area contributed by atoms with E-state index in [0.717, 1.165) is 31.1 Å². The minimum atomic E-state index is 0.343. The van der Waals surface area contributed by atoms with Crippen LogP contribution in [0.4, 0.5) is 0 Å². The second kappa shape index (κ2) is 7.41. The molecule has 27 heavy (non-hydrogen) atoms. The first-order valence-corrected chi connectivity index (χ1v) is 11.2. The van der Waals surface area contributed by atoms with Gasteiger partial charge in [0.25, 0.3) is 0 Å². The number of rotatable bonds is 1. The number of carbonyl (C=O) groups is 1. The average Bonchev–Trinajstić information content (AvgIpc) is 3.10. The summed E-state index contributed by atoms with van der Waals surface area (Å²) in [5.74, 6) is 2.54. The lowest BCUT2D eigenvalue weighted by molar-refractivity contribution is -0.114. The third-order valence-corrected chi connectivity index (χ3v) is 7.71. The molecule has 0 amide bonds. The van der Waals surface area contributed by atoms with Gasteiger partial charge in [0, 0.05) is 12.3 Å². The maximum absolute atomic E-state index is 12.0. The van der Waals surface area contributed by atoms with Gasteiger partial charge in [-0.15, -0.1) is 0 Å². The molecule has 2 unspecified atom stereocenters. The van der Waals surface area contributed by atoms with Crippen LogP contribution in [0.3, 0.4) is 0 Å². The van der Waals surface area contributed by atoms with Gasteiger partial charge in [0.05, 0.1) is 0 Å². The summed E-state index contributed by atoms with van der Waals surface area (Å²) in [4.78, 5) is 12.0. The van der Waals surface area contributed by atoms with Crippen molar-refractivity contribution in [3.05, 3.63) is 58.7 Å². The van der Waals surface area contributed by atoms with Crippen molar-refractivity contribution in [2.24, 2.45) is 17.3 Å². The quantitative estimate of drug-likeness (QED) is 0.525. The molecule has 5 rings (SSSR count). The van der Waals surface area contributed by atoms with Gasteiger partial charge in [-0.05, 0) is 78.6 Å². The molecule has 0 radical (unpaired) electrons. The fourth-order valence-electron chi connectivity index (χ4n) is 6.65. The molecule has 1 heteroatoms. The van der Waals surface area contributed by atoms with Crippen molar-refractivity contribution in [1.29, 1.82) is 0 Å². The number of carbonyl (C=O) groups excluding carboxylic acids is 1. The first-order valence-electron chi connectivity index (χ1n) is 11.2. The van der Waals surface area contributed by atoms with Crippen molar-refractivity contribution in [3.8, 4) is 0 Å². The number of hydrogen-bond donors (Lipinski definition) is 0. The van der Waals surface area contributed by atoms with E-state index in [0.29, 0.717) is 17.1 Å². The van der Waals surface area contributed by atoms with Crippen molar-refractivity contribution in [3.63, 3.8) is 0 Å². The smallest absolute Gasteiger partial charge is 0.156 e. The van der Waals surface area contributed by atoms with Gasteiger partial charge < -0.3 is 0 Å². The van der Waals surface area contributed by atoms with E-state index in [2.05, 4.69) is 37.3 Å². The number of benzene rings is 1. The number of fused-ring (bicyclic) bond motifs is 4. The minimum absolute atomic E-state index is 0.343. The highest BCUT2D eigenvalue weighted by atomic mass is 16.1. The van der Waals surface area contributed by atoms with E-state index >= 15 is 0 Å². The summed E-state index contributed by atoms with van der Waals surface area (Å²) in [6.45, 7) is 6.57. The highest BCUT2D eigenvalue weighted by Gasteiger charge is 2.52. The van der Waals surface area contributed by atoms with E-state index in [1.807, 2.05) is 19.9 Å². The lowest BCUT2D eigenvalue weighted by Crippen LogP contribution is -2.40. The van der Waals surface area contributed by atoms with Crippen molar-refractivity contribution >= 4 is 5.78 Å². The van der Waals surface area contributed by atoms with Crippen LogP contribution < -0.4 is 0 Å². The third-order valence-electron chi connectivity index (χ3n) is 7.71. The lowest BCUT2D eigenvalue weighted by Gasteiger charge is -2.51. The second-order valence-corrected chi connectivity index (χ2v) is 9.04. The zero-order chi connectivity index (χ0) is 19.0. The molecule has 1 nitrogen and oxygen atoms in total. The van der Waals surface area contributed by atoms with Gasteiger partial charge in [-0.3, -0.25) is 4.79 Å². The van der Waals surface area contributed by atoms with Crippen LogP contribution in [0.2, 0.25) is 0 Å². The highest BCUT2D eigenvalue weighted by molar-refractivity contribution is 5.93. The number of ketones is 1. The van der Waals surface area contributed by atoms with Gasteiger partial charge in [-0.25, -0.2) is 0 Å². The Bertz CT molecular complexity index is 769. The molecule has 0 aliphatic heterocycles. The molecule has 4 atom stereocenters. The Morgan fingerprint density at radius 2 is 1.78 bits per heavy atom. The Morgan fingerprint density at radius 1 is 1.00 bits per heavy atom. The summed E-state index contributed by atoms with van der Waals surface area (Å²) in [5, 5.41) is 0. The SMILES string of the molecule is CC.C[C@@]12CCCC1C1CCC3=CC(=O)CCC3=C1[C@H](c1ccccc1)C2. The van der Waals surface area contributed by atoms with E-state index in [-0.39, 0.29) is 0 Å². The van der Waals surface area contributed by atoms with Gasteiger partial charge in [0.1, 0.15) is 0 Å². The van der Waals surface area contributed by atoms with Crippen LogP contribution in [-0.4, -0.2) is 5.78 Å². The van der Waals surface area contributed by atoms with E-state index in [4.69, 9.17) is 0 Å². The summed E-state index contributed by atoms with van der Waals surface area (Å²) in [6, 6.07) is 11.2. The van der Waals surface area contributed by atoms with E-state index in [1.165, 1.54) is 43.2 Å². The van der Waals surface area contributed by atoms with Gasteiger partial charge in [-0.2, -0.15) is 0 Å². The van der Waals surface area contributed by atoms with Crippen molar-refractivity contribution < 1.29 is 4.79 Å². The molecule has 0 saturated heterocycles. The topological polar surface area (TPSA) is 17.1 Å². The second-order valence-electron chi connectivity index (χ2n) is 9.04. The molecule has 1 aromatic carbocycles. The monoisotopic (exact) mass is 362 g/mol. The number of hydrogen-bond acceptors (Lipinski definition) is 1. The molecule has 2 fully saturated rings. The van der Waals surface area contributed by atoms with Crippen molar-refractivity contribution in [1.82, 2.24) is 0 Å². The molecule has 0 aromatic heterocycles. The molecule has 0 spiro atoms. The van der Waals surface area contributed by atoms with Crippen molar-refractivity contribution in [2.45, 2.75) is 78.1 Å². The Kier molecular flexibility index (Phi) is 5.14. The zero-order valence-electron chi connectivity index (χ0n) is 17.3. The third kappa shape index (κ3) is 3.13. The Hall–Kier alpha value is -1.63. The van der Waals surface area contributed by atoms with Crippen LogP contribution in [-0.2, 0) is 4.79 Å². The molecule has 144 valence electrons. The van der Waals surface area contributed by atoms with Gasteiger partial charge >= 0.3 is 0 Å².